The molecule has 0 aliphatic carbocycles. The second-order valence-electron chi connectivity index (χ2n) is 4.39. The Bertz CT molecular complexity index is 634. The van der Waals surface area contributed by atoms with Crippen molar-refractivity contribution in [2.75, 3.05) is 13.2 Å². The molecular formula is C12H14N2O6. The van der Waals surface area contributed by atoms with Gasteiger partial charge in [-0.2, -0.15) is 0 Å². The van der Waals surface area contributed by atoms with Crippen molar-refractivity contribution in [3.8, 4) is 5.75 Å². The monoisotopic (exact) mass is 282 g/mol. The van der Waals surface area contributed by atoms with E-state index in [2.05, 4.69) is 5.32 Å². The molecule has 8 heteroatoms. The van der Waals surface area contributed by atoms with Crippen LogP contribution >= 0.6 is 0 Å². The standard InChI is InChI=1S/C12H14N2O6/c1-14-7-2-3-20-5-6(7)10(17)9(12(14)19)11(18)13-4-8(15)16/h17H,2-5H2,1H3,(H,13,18)(H,15,16). The first-order chi connectivity index (χ1) is 9.43. The van der Waals surface area contributed by atoms with Crippen LogP contribution in [0.3, 0.4) is 0 Å². The molecule has 0 fully saturated rings. The van der Waals surface area contributed by atoms with Crippen molar-refractivity contribution in [2.45, 2.75) is 13.0 Å². The highest BCUT2D eigenvalue weighted by molar-refractivity contribution is 5.98. The van der Waals surface area contributed by atoms with Gasteiger partial charge in [-0.25, -0.2) is 0 Å². The Hall–Kier alpha value is -2.35. The van der Waals surface area contributed by atoms with E-state index in [1.54, 1.807) is 0 Å². The molecule has 1 aliphatic rings. The quantitative estimate of drug-likeness (QED) is 0.653. The molecule has 0 unspecified atom stereocenters. The van der Waals surface area contributed by atoms with E-state index in [4.69, 9.17) is 9.84 Å². The maximum atomic E-state index is 12.1. The molecule has 3 N–H and O–H groups in total. The highest BCUT2D eigenvalue weighted by Crippen LogP contribution is 2.27. The summed E-state index contributed by atoms with van der Waals surface area (Å²) >= 11 is 0. The van der Waals surface area contributed by atoms with Crippen LogP contribution in [0.15, 0.2) is 4.79 Å². The molecule has 1 aromatic heterocycles. The van der Waals surface area contributed by atoms with Crippen LogP contribution in [0.1, 0.15) is 21.6 Å². The van der Waals surface area contributed by atoms with Crippen molar-refractivity contribution in [3.05, 3.63) is 27.2 Å². The summed E-state index contributed by atoms with van der Waals surface area (Å²) in [7, 11) is 1.50. The summed E-state index contributed by atoms with van der Waals surface area (Å²) in [5.41, 5.74) is -0.114. The van der Waals surface area contributed by atoms with Gasteiger partial charge in [0.1, 0.15) is 17.9 Å². The lowest BCUT2D eigenvalue weighted by Crippen LogP contribution is -2.37. The fourth-order valence-corrected chi connectivity index (χ4v) is 2.14. The number of aromatic hydroxyl groups is 1. The van der Waals surface area contributed by atoms with Gasteiger partial charge in [-0.15, -0.1) is 0 Å². The normalized spacial score (nSPS) is 13.7. The second-order valence-corrected chi connectivity index (χ2v) is 4.39. The molecule has 1 aromatic rings. The molecule has 0 saturated heterocycles. The smallest absolute Gasteiger partial charge is 0.322 e. The van der Waals surface area contributed by atoms with Crippen LogP contribution in [0.5, 0.6) is 5.75 Å². The Balaban J connectivity index is 2.48. The van der Waals surface area contributed by atoms with Crippen molar-refractivity contribution in [1.82, 2.24) is 9.88 Å². The lowest BCUT2D eigenvalue weighted by atomic mass is 10.0. The van der Waals surface area contributed by atoms with Gasteiger partial charge in [-0.3, -0.25) is 14.4 Å². The van der Waals surface area contributed by atoms with Crippen LogP contribution in [0.25, 0.3) is 0 Å². The number of aliphatic carboxylic acids is 1. The van der Waals surface area contributed by atoms with Gasteiger partial charge in [0.15, 0.2) is 0 Å². The summed E-state index contributed by atoms with van der Waals surface area (Å²) in [6, 6.07) is 0. The number of carbonyl (C=O) groups excluding carboxylic acids is 1. The molecule has 1 aliphatic heterocycles. The average molecular weight is 282 g/mol. The largest absolute Gasteiger partial charge is 0.506 e. The third-order valence-corrected chi connectivity index (χ3v) is 3.15. The fraction of sp³-hybridized carbons (Fsp3) is 0.417. The third kappa shape index (κ3) is 2.37. The maximum absolute atomic E-state index is 12.1. The number of nitrogens with one attached hydrogen (secondary N) is 1. The van der Waals surface area contributed by atoms with Gasteiger partial charge in [-0.05, 0) is 0 Å². The molecule has 2 heterocycles. The van der Waals surface area contributed by atoms with Gasteiger partial charge in [0.2, 0.25) is 0 Å². The summed E-state index contributed by atoms with van der Waals surface area (Å²) in [5.74, 6) is -2.60. The van der Waals surface area contributed by atoms with Gasteiger partial charge in [0.25, 0.3) is 11.5 Å². The maximum Gasteiger partial charge on any atom is 0.322 e. The molecule has 0 radical (unpaired) electrons. The van der Waals surface area contributed by atoms with Crippen molar-refractivity contribution >= 4 is 11.9 Å². The summed E-state index contributed by atoms with van der Waals surface area (Å²) < 4.78 is 6.49. The number of rotatable bonds is 3. The number of hydrogen-bond donors (Lipinski definition) is 3. The molecule has 0 atom stereocenters. The first-order valence-corrected chi connectivity index (χ1v) is 5.95. The second kappa shape index (κ2) is 5.33. The lowest BCUT2D eigenvalue weighted by molar-refractivity contribution is -0.135. The molecule has 0 spiro atoms. The molecule has 0 aromatic carbocycles. The predicted octanol–water partition coefficient (Wildman–Crippen LogP) is -1.02. The van der Waals surface area contributed by atoms with E-state index in [0.29, 0.717) is 24.3 Å². The number of fused-ring (bicyclic) bond motifs is 1. The molecule has 1 amide bonds. The van der Waals surface area contributed by atoms with Gasteiger partial charge in [0.05, 0.1) is 13.2 Å². The van der Waals surface area contributed by atoms with E-state index >= 15 is 0 Å². The topological polar surface area (TPSA) is 118 Å². The fourth-order valence-electron chi connectivity index (χ4n) is 2.14. The molecule has 8 nitrogen and oxygen atoms in total. The summed E-state index contributed by atoms with van der Waals surface area (Å²) in [4.78, 5) is 34.4. The van der Waals surface area contributed by atoms with Gasteiger partial charge < -0.3 is 24.8 Å². The molecule has 108 valence electrons. The van der Waals surface area contributed by atoms with Crippen LogP contribution in [-0.2, 0) is 29.6 Å². The zero-order valence-electron chi connectivity index (χ0n) is 10.8. The Labute approximate surface area is 113 Å². The lowest BCUT2D eigenvalue weighted by Gasteiger charge is -2.21. The number of carboxylic acids is 1. The Morgan fingerprint density at radius 1 is 1.45 bits per heavy atom. The molecule has 20 heavy (non-hydrogen) atoms. The van der Waals surface area contributed by atoms with Crippen molar-refractivity contribution in [3.63, 3.8) is 0 Å². The zero-order valence-corrected chi connectivity index (χ0v) is 10.8. The van der Waals surface area contributed by atoms with E-state index in [1.807, 2.05) is 0 Å². The first-order valence-electron chi connectivity index (χ1n) is 5.95. The molecule has 2 rings (SSSR count). The molecule has 0 saturated carbocycles. The zero-order chi connectivity index (χ0) is 14.9. The van der Waals surface area contributed by atoms with E-state index in [-0.39, 0.29) is 6.61 Å². The number of pyridine rings is 1. The number of nitrogens with zero attached hydrogens (tertiary/aromatic N) is 1. The van der Waals surface area contributed by atoms with E-state index in [9.17, 15) is 19.5 Å². The minimum absolute atomic E-state index is 0.106. The Morgan fingerprint density at radius 3 is 2.80 bits per heavy atom. The summed E-state index contributed by atoms with van der Waals surface area (Å²) in [6.45, 7) is -0.0895. The van der Waals surface area contributed by atoms with Crippen LogP contribution in [0.4, 0.5) is 0 Å². The van der Waals surface area contributed by atoms with Gasteiger partial charge in [-0.1, -0.05) is 0 Å². The third-order valence-electron chi connectivity index (χ3n) is 3.15. The van der Waals surface area contributed by atoms with Crippen LogP contribution in [-0.4, -0.2) is 39.8 Å². The Kier molecular flexibility index (Phi) is 3.75. The molecular weight excluding hydrogens is 268 g/mol. The highest BCUT2D eigenvalue weighted by Gasteiger charge is 2.26. The van der Waals surface area contributed by atoms with Crippen molar-refractivity contribution in [2.24, 2.45) is 7.05 Å². The van der Waals surface area contributed by atoms with E-state index < -0.39 is 35.3 Å². The minimum atomic E-state index is -1.24. The average Bonchev–Trinajstić information content (AvgIpc) is 2.43. The van der Waals surface area contributed by atoms with Crippen LogP contribution in [0.2, 0.25) is 0 Å². The van der Waals surface area contributed by atoms with E-state index in [1.165, 1.54) is 11.6 Å². The van der Waals surface area contributed by atoms with Gasteiger partial charge in [0, 0.05) is 24.7 Å². The van der Waals surface area contributed by atoms with E-state index in [0.717, 1.165) is 0 Å². The molecule has 0 bridgehead atoms. The number of hydrogen-bond acceptors (Lipinski definition) is 5. The SMILES string of the molecule is Cn1c2c(c(O)c(C(=O)NCC(=O)O)c1=O)COCC2. The van der Waals surface area contributed by atoms with Gasteiger partial charge >= 0.3 is 5.97 Å². The van der Waals surface area contributed by atoms with Crippen LogP contribution < -0.4 is 10.9 Å². The Morgan fingerprint density at radius 2 is 2.15 bits per heavy atom. The minimum Gasteiger partial charge on any atom is -0.506 e. The van der Waals surface area contributed by atoms with Crippen LogP contribution in [0, 0.1) is 0 Å². The highest BCUT2D eigenvalue weighted by atomic mass is 16.5. The number of aromatic nitrogens is 1. The number of amides is 1. The summed E-state index contributed by atoms with van der Waals surface area (Å²) in [6.07, 6.45) is 0.464. The summed E-state index contributed by atoms with van der Waals surface area (Å²) in [5, 5.41) is 20.6. The first kappa shape index (κ1) is 14.1. The number of carboxylic acid groups (broad SMARTS) is 1. The van der Waals surface area contributed by atoms with Crippen molar-refractivity contribution < 1.29 is 24.5 Å². The van der Waals surface area contributed by atoms with Crippen molar-refractivity contribution in [1.29, 1.82) is 0 Å². The number of ether oxygens (including phenoxy) is 1. The number of carbonyl (C=O) groups is 2. The predicted molar refractivity (Wildman–Crippen MR) is 66.7 cm³/mol.